The van der Waals surface area contributed by atoms with Gasteiger partial charge in [0.1, 0.15) is 11.9 Å². The average Bonchev–Trinajstić information content (AvgIpc) is 2.61. The van der Waals surface area contributed by atoms with Crippen LogP contribution in [0, 0.1) is 0 Å². The van der Waals surface area contributed by atoms with Crippen LogP contribution in [0.1, 0.15) is 18.6 Å². The molecule has 1 amide bonds. The van der Waals surface area contributed by atoms with Gasteiger partial charge in [-0.15, -0.1) is 0 Å². The highest BCUT2D eigenvalue weighted by atomic mass is 35.5. The number of carbonyl (C=O) groups is 1. The number of benzene rings is 2. The average molecular weight is 399 g/mol. The molecule has 2 rings (SSSR count). The van der Waals surface area contributed by atoms with Crippen LogP contribution in [0.5, 0.6) is 5.75 Å². The number of halogens is 2. The minimum atomic E-state index is -1.10. The van der Waals surface area contributed by atoms with Gasteiger partial charge in [-0.2, -0.15) is 0 Å². The second kappa shape index (κ2) is 9.09. The molecule has 0 aliphatic carbocycles. The molecule has 0 saturated carbocycles. The van der Waals surface area contributed by atoms with Gasteiger partial charge in [0, 0.05) is 10.7 Å². The first kappa shape index (κ1) is 20.3. The van der Waals surface area contributed by atoms with Crippen LogP contribution < -0.4 is 15.8 Å². The number of aliphatic hydroxyl groups is 2. The number of aliphatic hydroxyl groups excluding tert-OH is 2. The van der Waals surface area contributed by atoms with Gasteiger partial charge in [-0.25, -0.2) is 0 Å². The van der Waals surface area contributed by atoms with E-state index in [2.05, 4.69) is 5.32 Å². The second-order valence-corrected chi connectivity index (χ2v) is 6.59. The van der Waals surface area contributed by atoms with Gasteiger partial charge < -0.3 is 26.0 Å². The lowest BCUT2D eigenvalue weighted by molar-refractivity contribution is -0.129. The van der Waals surface area contributed by atoms with Gasteiger partial charge in [0.25, 0.3) is 5.91 Å². The molecule has 8 heteroatoms. The number of carbonyl (C=O) groups excluding carboxylic acids is 1. The van der Waals surface area contributed by atoms with Gasteiger partial charge in [0.15, 0.2) is 6.10 Å². The minimum Gasteiger partial charge on any atom is -0.479 e. The van der Waals surface area contributed by atoms with Crippen molar-refractivity contribution >= 4 is 34.8 Å². The molecular formula is C18H20Cl2N2O4. The molecule has 0 radical (unpaired) electrons. The van der Waals surface area contributed by atoms with Crippen molar-refractivity contribution in [2.24, 2.45) is 0 Å². The van der Waals surface area contributed by atoms with E-state index in [4.69, 9.17) is 33.7 Å². The first-order valence-electron chi connectivity index (χ1n) is 7.88. The molecule has 0 aliphatic heterocycles. The van der Waals surface area contributed by atoms with Gasteiger partial charge in [0.05, 0.1) is 17.7 Å². The van der Waals surface area contributed by atoms with Gasteiger partial charge in [-0.1, -0.05) is 35.3 Å². The summed E-state index contributed by atoms with van der Waals surface area (Å²) < 4.78 is 5.53. The van der Waals surface area contributed by atoms with Crippen LogP contribution in [0.3, 0.4) is 0 Å². The highest BCUT2D eigenvalue weighted by Crippen LogP contribution is 2.28. The van der Waals surface area contributed by atoms with Crippen molar-refractivity contribution in [2.45, 2.75) is 25.2 Å². The SMILES string of the molecule is CC(Oc1ccc(Cl)cc1Cl)C(=O)NC(CO)C(O)c1ccc(N)cc1. The third-order valence-electron chi connectivity index (χ3n) is 3.75. The molecule has 6 nitrogen and oxygen atoms in total. The summed E-state index contributed by atoms with van der Waals surface area (Å²) >= 11 is 11.8. The van der Waals surface area contributed by atoms with Crippen molar-refractivity contribution in [2.75, 3.05) is 12.3 Å². The van der Waals surface area contributed by atoms with Crippen LogP contribution in [0.2, 0.25) is 10.0 Å². The van der Waals surface area contributed by atoms with E-state index in [-0.39, 0.29) is 5.02 Å². The number of rotatable bonds is 7. The molecule has 0 saturated heterocycles. The summed E-state index contributed by atoms with van der Waals surface area (Å²) in [5, 5.41) is 23.2. The molecule has 2 aromatic carbocycles. The summed E-state index contributed by atoms with van der Waals surface area (Å²) in [5.74, 6) is -0.206. The van der Waals surface area contributed by atoms with Crippen LogP contribution in [-0.4, -0.2) is 34.9 Å². The predicted octanol–water partition coefficient (Wildman–Crippen LogP) is 2.55. The number of anilines is 1. The number of nitrogens with one attached hydrogen (secondary N) is 1. The maximum absolute atomic E-state index is 12.3. The lowest BCUT2D eigenvalue weighted by atomic mass is 10.0. The third-order valence-corrected chi connectivity index (χ3v) is 4.28. The van der Waals surface area contributed by atoms with E-state index >= 15 is 0 Å². The Hall–Kier alpha value is -1.99. The van der Waals surface area contributed by atoms with Crippen molar-refractivity contribution in [3.63, 3.8) is 0 Å². The highest BCUT2D eigenvalue weighted by molar-refractivity contribution is 6.35. The van der Waals surface area contributed by atoms with Crippen molar-refractivity contribution in [1.82, 2.24) is 5.32 Å². The molecule has 140 valence electrons. The van der Waals surface area contributed by atoms with E-state index in [0.717, 1.165) is 0 Å². The van der Waals surface area contributed by atoms with E-state index in [1.807, 2.05) is 0 Å². The zero-order chi connectivity index (χ0) is 19.3. The number of hydrogen-bond acceptors (Lipinski definition) is 5. The summed E-state index contributed by atoms with van der Waals surface area (Å²) in [6.45, 7) is 1.08. The van der Waals surface area contributed by atoms with Gasteiger partial charge >= 0.3 is 0 Å². The molecule has 3 unspecified atom stereocenters. The topological polar surface area (TPSA) is 105 Å². The minimum absolute atomic E-state index is 0.276. The standard InChI is InChI=1S/C18H20Cl2N2O4/c1-10(26-16-7-4-12(19)8-14(16)20)18(25)22-15(9-23)17(24)11-2-5-13(21)6-3-11/h2-8,10,15,17,23-24H,9,21H2,1H3,(H,22,25). The van der Waals surface area contributed by atoms with E-state index in [1.165, 1.54) is 13.0 Å². The highest BCUT2D eigenvalue weighted by Gasteiger charge is 2.25. The van der Waals surface area contributed by atoms with Crippen LogP contribution in [0.25, 0.3) is 0 Å². The fourth-order valence-corrected chi connectivity index (χ4v) is 2.72. The Morgan fingerprint density at radius 2 is 1.88 bits per heavy atom. The molecule has 2 aromatic rings. The van der Waals surface area contributed by atoms with Crippen LogP contribution in [0.15, 0.2) is 42.5 Å². The van der Waals surface area contributed by atoms with E-state index in [1.54, 1.807) is 36.4 Å². The molecule has 0 aromatic heterocycles. The van der Waals surface area contributed by atoms with Crippen molar-refractivity contribution in [1.29, 1.82) is 0 Å². The first-order chi connectivity index (χ1) is 12.3. The van der Waals surface area contributed by atoms with Crippen molar-refractivity contribution in [3.8, 4) is 5.75 Å². The van der Waals surface area contributed by atoms with Crippen molar-refractivity contribution in [3.05, 3.63) is 58.1 Å². The van der Waals surface area contributed by atoms with Crippen LogP contribution in [0.4, 0.5) is 5.69 Å². The monoisotopic (exact) mass is 398 g/mol. The van der Waals surface area contributed by atoms with Gasteiger partial charge in [0.2, 0.25) is 0 Å². The summed E-state index contributed by atoms with van der Waals surface area (Å²) in [6, 6.07) is 10.3. The fraction of sp³-hybridized carbons (Fsp3) is 0.278. The van der Waals surface area contributed by atoms with Gasteiger partial charge in [-0.05, 0) is 42.8 Å². The molecular weight excluding hydrogens is 379 g/mol. The van der Waals surface area contributed by atoms with E-state index < -0.39 is 30.8 Å². The molecule has 5 N–H and O–H groups in total. The molecule has 0 bridgehead atoms. The largest absolute Gasteiger partial charge is 0.479 e. The number of nitrogen functional groups attached to an aromatic ring is 1. The second-order valence-electron chi connectivity index (χ2n) is 5.74. The number of amides is 1. The summed E-state index contributed by atoms with van der Waals surface area (Å²) in [5.41, 5.74) is 6.68. The molecule has 0 fully saturated rings. The normalized spacial score (nSPS) is 14.3. The molecule has 0 heterocycles. The molecule has 26 heavy (non-hydrogen) atoms. The number of ether oxygens (including phenoxy) is 1. The zero-order valence-corrected chi connectivity index (χ0v) is 15.5. The third kappa shape index (κ3) is 5.25. The maximum atomic E-state index is 12.3. The van der Waals surface area contributed by atoms with Crippen molar-refractivity contribution < 1.29 is 19.7 Å². The molecule has 0 spiro atoms. The Kier molecular flexibility index (Phi) is 7.11. The lowest BCUT2D eigenvalue weighted by Gasteiger charge is -2.24. The zero-order valence-electron chi connectivity index (χ0n) is 14.0. The number of nitrogens with two attached hydrogens (primary N) is 1. The first-order valence-corrected chi connectivity index (χ1v) is 8.64. The lowest BCUT2D eigenvalue weighted by Crippen LogP contribution is -2.47. The van der Waals surface area contributed by atoms with Crippen LogP contribution >= 0.6 is 23.2 Å². The Bertz CT molecular complexity index is 755. The molecule has 3 atom stereocenters. The Morgan fingerprint density at radius 3 is 2.46 bits per heavy atom. The molecule has 0 aliphatic rings. The summed E-state index contributed by atoms with van der Waals surface area (Å²) in [4.78, 5) is 12.3. The quantitative estimate of drug-likeness (QED) is 0.536. The summed E-state index contributed by atoms with van der Waals surface area (Å²) in [6.07, 6.45) is -2.00. The number of hydrogen-bond donors (Lipinski definition) is 4. The van der Waals surface area contributed by atoms with E-state index in [9.17, 15) is 15.0 Å². The maximum Gasteiger partial charge on any atom is 0.261 e. The van der Waals surface area contributed by atoms with E-state index in [0.29, 0.717) is 22.0 Å². The predicted molar refractivity (Wildman–Crippen MR) is 101 cm³/mol. The Balaban J connectivity index is 2.02. The summed E-state index contributed by atoms with van der Waals surface area (Å²) in [7, 11) is 0. The Morgan fingerprint density at radius 1 is 1.23 bits per heavy atom. The smallest absolute Gasteiger partial charge is 0.261 e. The van der Waals surface area contributed by atoms with Crippen LogP contribution in [-0.2, 0) is 4.79 Å². The van der Waals surface area contributed by atoms with Gasteiger partial charge in [-0.3, -0.25) is 4.79 Å². The Labute approximate surface area is 161 Å². The fourth-order valence-electron chi connectivity index (χ4n) is 2.26.